The van der Waals surface area contributed by atoms with Crippen LogP contribution >= 0.6 is 0 Å². The van der Waals surface area contributed by atoms with Crippen LogP contribution in [0.1, 0.15) is 16.7 Å². The quantitative estimate of drug-likeness (QED) is 0.733. The van der Waals surface area contributed by atoms with Crippen molar-refractivity contribution in [3.63, 3.8) is 0 Å². The van der Waals surface area contributed by atoms with Crippen molar-refractivity contribution in [2.45, 2.75) is 25.7 Å². The summed E-state index contributed by atoms with van der Waals surface area (Å²) in [6, 6.07) is 4.22. The molecule has 0 aliphatic rings. The van der Waals surface area contributed by atoms with Gasteiger partial charge in [0, 0.05) is 11.8 Å². The predicted molar refractivity (Wildman–Crippen MR) is 80.7 cm³/mol. The average molecular weight is 308 g/mol. The summed E-state index contributed by atoms with van der Waals surface area (Å²) in [6.45, 7) is 5.16. The predicted octanol–water partition coefficient (Wildman–Crippen LogP) is 1.08. The fraction of sp³-hybridized carbons (Fsp3) is 0.231. The van der Waals surface area contributed by atoms with Crippen molar-refractivity contribution < 1.29 is 8.42 Å². The van der Waals surface area contributed by atoms with E-state index in [0.29, 0.717) is 16.8 Å². The summed E-state index contributed by atoms with van der Waals surface area (Å²) in [4.78, 5) is 11.1. The number of H-pyrrole nitrogens is 1. The third-order valence-corrected chi connectivity index (χ3v) is 4.89. The van der Waals surface area contributed by atoms with Crippen LogP contribution in [0.5, 0.6) is 0 Å². The first-order valence-electron chi connectivity index (χ1n) is 6.17. The maximum atomic E-state index is 12.5. The van der Waals surface area contributed by atoms with E-state index >= 15 is 0 Å². The number of benzene rings is 1. The summed E-state index contributed by atoms with van der Waals surface area (Å²) in [6.07, 6.45) is 0. The number of sulfonamides is 1. The summed E-state index contributed by atoms with van der Waals surface area (Å²) >= 11 is 0. The Hall–Kier alpha value is -2.35. The smallest absolute Gasteiger partial charge is 0.264 e. The van der Waals surface area contributed by atoms with Gasteiger partial charge < -0.3 is 5.73 Å². The largest absolute Gasteiger partial charge is 0.398 e. The van der Waals surface area contributed by atoms with Gasteiger partial charge in [0.05, 0.1) is 4.90 Å². The number of aromatic nitrogens is 2. The first-order valence-corrected chi connectivity index (χ1v) is 7.65. The number of nitrogens with zero attached hydrogens (tertiary/aromatic N) is 1. The fourth-order valence-electron chi connectivity index (χ4n) is 2.03. The van der Waals surface area contributed by atoms with Crippen LogP contribution in [-0.2, 0) is 10.0 Å². The standard InChI is InChI=1S/C13H16N4O3S/c1-7-6-10(14)9(3)13(8(7)2)21(19,20)17-11-4-5-12(18)16-15-11/h4-6H,14H2,1-3H3,(H,15,17)(H,16,18). The lowest BCUT2D eigenvalue weighted by molar-refractivity contribution is 0.599. The normalized spacial score (nSPS) is 11.4. The molecule has 8 heteroatoms. The minimum Gasteiger partial charge on any atom is -0.398 e. The maximum absolute atomic E-state index is 12.5. The Morgan fingerprint density at radius 2 is 1.86 bits per heavy atom. The maximum Gasteiger partial charge on any atom is 0.264 e. The number of anilines is 2. The van der Waals surface area contributed by atoms with Crippen LogP contribution in [0.15, 0.2) is 27.9 Å². The van der Waals surface area contributed by atoms with Crippen LogP contribution in [0.3, 0.4) is 0 Å². The van der Waals surface area contributed by atoms with Crippen LogP contribution in [0, 0.1) is 20.8 Å². The van der Waals surface area contributed by atoms with Gasteiger partial charge in [0.25, 0.3) is 15.6 Å². The molecule has 1 aromatic carbocycles. The number of nitrogens with one attached hydrogen (secondary N) is 2. The van der Waals surface area contributed by atoms with E-state index in [1.807, 2.05) is 0 Å². The number of hydrogen-bond acceptors (Lipinski definition) is 5. The number of aromatic amines is 1. The molecule has 0 spiro atoms. The Kier molecular flexibility index (Phi) is 3.73. The molecular formula is C13H16N4O3S. The molecule has 1 aromatic heterocycles. The number of nitrogens with two attached hydrogens (primary N) is 1. The monoisotopic (exact) mass is 308 g/mol. The van der Waals surface area contributed by atoms with Gasteiger partial charge in [0.2, 0.25) is 0 Å². The molecule has 2 aromatic rings. The number of aryl methyl sites for hydroxylation is 1. The number of hydrogen-bond donors (Lipinski definition) is 3. The SMILES string of the molecule is Cc1cc(N)c(C)c(S(=O)(=O)Nc2ccc(=O)[nH]n2)c1C. The second kappa shape index (κ2) is 5.21. The highest BCUT2D eigenvalue weighted by Gasteiger charge is 2.23. The zero-order chi connectivity index (χ0) is 15.8. The molecule has 0 aliphatic carbocycles. The summed E-state index contributed by atoms with van der Waals surface area (Å²) in [7, 11) is -3.85. The van der Waals surface area contributed by atoms with Crippen LogP contribution in [0.2, 0.25) is 0 Å². The molecule has 0 amide bonds. The Labute approximate surface area is 122 Å². The van der Waals surface area contributed by atoms with Crippen molar-refractivity contribution in [3.8, 4) is 0 Å². The molecule has 2 rings (SSSR count). The molecule has 0 fully saturated rings. The van der Waals surface area contributed by atoms with E-state index in [1.165, 1.54) is 12.1 Å². The van der Waals surface area contributed by atoms with Gasteiger partial charge in [-0.25, -0.2) is 13.5 Å². The second-order valence-electron chi connectivity index (χ2n) is 4.77. The van der Waals surface area contributed by atoms with Gasteiger partial charge >= 0.3 is 0 Å². The van der Waals surface area contributed by atoms with Gasteiger partial charge in [-0.15, -0.1) is 0 Å². The zero-order valence-electron chi connectivity index (χ0n) is 11.9. The van der Waals surface area contributed by atoms with E-state index in [-0.39, 0.29) is 10.7 Å². The molecule has 7 nitrogen and oxygen atoms in total. The number of rotatable bonds is 3. The fourth-order valence-corrected chi connectivity index (χ4v) is 3.61. The molecule has 0 saturated carbocycles. The number of nitrogen functional groups attached to an aromatic ring is 1. The molecule has 0 bridgehead atoms. The summed E-state index contributed by atoms with van der Waals surface area (Å²) in [5.41, 5.74) is 7.73. The summed E-state index contributed by atoms with van der Waals surface area (Å²) in [5.74, 6) is 0.0356. The first kappa shape index (κ1) is 15.0. The van der Waals surface area contributed by atoms with Crippen LogP contribution in [-0.4, -0.2) is 18.6 Å². The van der Waals surface area contributed by atoms with Crippen LogP contribution in [0.4, 0.5) is 11.5 Å². The van der Waals surface area contributed by atoms with E-state index in [2.05, 4.69) is 14.9 Å². The molecule has 0 unspecified atom stereocenters. The van der Waals surface area contributed by atoms with Crippen molar-refractivity contribution in [1.29, 1.82) is 0 Å². The highest BCUT2D eigenvalue weighted by Crippen LogP contribution is 2.28. The average Bonchev–Trinajstić information content (AvgIpc) is 2.39. The van der Waals surface area contributed by atoms with Crippen molar-refractivity contribution >= 4 is 21.5 Å². The third kappa shape index (κ3) is 2.89. The zero-order valence-corrected chi connectivity index (χ0v) is 12.7. The van der Waals surface area contributed by atoms with E-state index in [4.69, 9.17) is 5.73 Å². The molecule has 1 heterocycles. The van der Waals surface area contributed by atoms with Crippen molar-refractivity contribution in [2.75, 3.05) is 10.5 Å². The first-order chi connectivity index (χ1) is 9.72. The molecular weight excluding hydrogens is 292 g/mol. The Bertz CT molecular complexity index is 810. The van der Waals surface area contributed by atoms with Gasteiger partial charge in [-0.1, -0.05) is 0 Å². The van der Waals surface area contributed by atoms with Crippen molar-refractivity contribution in [1.82, 2.24) is 10.2 Å². The van der Waals surface area contributed by atoms with E-state index < -0.39 is 15.6 Å². The summed E-state index contributed by atoms with van der Waals surface area (Å²) in [5, 5.41) is 5.80. The van der Waals surface area contributed by atoms with Gasteiger partial charge in [-0.05, 0) is 49.6 Å². The van der Waals surface area contributed by atoms with Gasteiger partial charge in [-0.3, -0.25) is 9.52 Å². The Morgan fingerprint density at radius 3 is 2.43 bits per heavy atom. The Balaban J connectivity index is 2.55. The van der Waals surface area contributed by atoms with Gasteiger partial charge in [0.1, 0.15) is 0 Å². The Morgan fingerprint density at radius 1 is 1.19 bits per heavy atom. The lowest BCUT2D eigenvalue weighted by Gasteiger charge is -2.15. The van der Waals surface area contributed by atoms with Crippen LogP contribution < -0.4 is 16.0 Å². The lowest BCUT2D eigenvalue weighted by Crippen LogP contribution is -2.19. The van der Waals surface area contributed by atoms with Gasteiger partial charge in [0.15, 0.2) is 5.82 Å². The lowest BCUT2D eigenvalue weighted by atomic mass is 10.1. The van der Waals surface area contributed by atoms with E-state index in [1.54, 1.807) is 26.8 Å². The molecule has 112 valence electrons. The molecule has 0 aliphatic heterocycles. The molecule has 21 heavy (non-hydrogen) atoms. The molecule has 0 atom stereocenters. The van der Waals surface area contributed by atoms with Crippen LogP contribution in [0.25, 0.3) is 0 Å². The molecule has 0 radical (unpaired) electrons. The van der Waals surface area contributed by atoms with Gasteiger partial charge in [-0.2, -0.15) is 5.10 Å². The third-order valence-electron chi connectivity index (χ3n) is 3.26. The van der Waals surface area contributed by atoms with E-state index in [9.17, 15) is 13.2 Å². The minimum atomic E-state index is -3.85. The summed E-state index contributed by atoms with van der Waals surface area (Å²) < 4.78 is 27.4. The minimum absolute atomic E-state index is 0.0356. The van der Waals surface area contributed by atoms with Crippen molar-refractivity contribution in [2.24, 2.45) is 0 Å². The molecule has 0 saturated heterocycles. The second-order valence-corrected chi connectivity index (χ2v) is 6.39. The highest BCUT2D eigenvalue weighted by atomic mass is 32.2. The topological polar surface area (TPSA) is 118 Å². The highest BCUT2D eigenvalue weighted by molar-refractivity contribution is 7.92. The molecule has 4 N–H and O–H groups in total. The van der Waals surface area contributed by atoms with Crippen molar-refractivity contribution in [3.05, 3.63) is 45.2 Å². The van der Waals surface area contributed by atoms with E-state index in [0.717, 1.165) is 5.56 Å².